The number of nitrogens with one attached hydrogen (secondary N) is 1. The number of rotatable bonds is 10. The van der Waals surface area contributed by atoms with E-state index in [0.29, 0.717) is 39.7 Å². The van der Waals surface area contributed by atoms with Gasteiger partial charge < -0.3 is 19.2 Å². The van der Waals surface area contributed by atoms with E-state index in [9.17, 15) is 17.6 Å². The first-order chi connectivity index (χ1) is 25.0. The smallest absolute Gasteiger partial charge is 0.273 e. The number of hydrogen-bond donors (Lipinski definition) is 1. The van der Waals surface area contributed by atoms with Crippen LogP contribution >= 0.6 is 11.6 Å². The Morgan fingerprint density at radius 3 is 2.63 bits per heavy atom. The summed E-state index contributed by atoms with van der Waals surface area (Å²) < 4.78 is 61.8. The summed E-state index contributed by atoms with van der Waals surface area (Å²) in [6, 6.07) is 15.2. The maximum atomic E-state index is 14.3. The van der Waals surface area contributed by atoms with Crippen molar-refractivity contribution < 1.29 is 27.0 Å². The molecule has 5 aromatic rings. The van der Waals surface area contributed by atoms with Crippen LogP contribution in [0.25, 0.3) is 27.4 Å². The second-order valence-corrected chi connectivity index (χ2v) is 16.6. The van der Waals surface area contributed by atoms with E-state index in [0.717, 1.165) is 47.2 Å². The van der Waals surface area contributed by atoms with Gasteiger partial charge in [-0.2, -0.15) is 0 Å². The predicted octanol–water partition coefficient (Wildman–Crippen LogP) is 7.40. The monoisotopic (exact) mass is 744 g/mol. The number of allylic oxidation sites excluding steroid dienone is 3. The van der Waals surface area contributed by atoms with Crippen molar-refractivity contribution >= 4 is 49.0 Å². The zero-order chi connectivity index (χ0) is 36.3. The molecular weight excluding hydrogens is 707 g/mol. The number of ether oxygens (including phenoxy) is 3. The normalized spacial score (nSPS) is 22.3. The first kappa shape index (κ1) is 34.9. The SMILES string of the molecule is CC1=CC(c2ccc3nc(Cl)nc(C(COC4CCCCO4)(OC4CC4)c4ccc(F)cc4)c3c2)=CCC1(C)S(=O)(=O)n1ccc2cc[nH]c(=O)c21. The number of aromatic nitrogens is 4. The van der Waals surface area contributed by atoms with E-state index < -0.39 is 32.2 Å². The fourth-order valence-corrected chi connectivity index (χ4v) is 9.20. The highest BCUT2D eigenvalue weighted by Gasteiger charge is 2.46. The molecule has 0 amide bonds. The van der Waals surface area contributed by atoms with Gasteiger partial charge in [-0.25, -0.2) is 26.7 Å². The minimum absolute atomic E-state index is 0.0278. The Bertz CT molecular complexity index is 2420. The number of fused-ring (bicyclic) bond motifs is 2. The Balaban J connectivity index is 1.22. The summed E-state index contributed by atoms with van der Waals surface area (Å²) in [5.74, 6) is -0.384. The summed E-state index contributed by atoms with van der Waals surface area (Å²) in [4.78, 5) is 24.6. The number of aromatic amines is 1. The Hall–Kier alpha value is -4.20. The minimum atomic E-state index is -4.06. The van der Waals surface area contributed by atoms with Gasteiger partial charge in [0, 0.05) is 29.8 Å². The average Bonchev–Trinajstić information content (AvgIpc) is 3.84. The molecule has 0 spiro atoms. The molecular formula is C39H38ClFN4O6S. The second kappa shape index (κ2) is 13.3. The van der Waals surface area contributed by atoms with Crippen molar-refractivity contribution in [2.45, 2.75) is 75.1 Å². The maximum absolute atomic E-state index is 14.3. The van der Waals surface area contributed by atoms with Gasteiger partial charge in [0.15, 0.2) is 11.9 Å². The van der Waals surface area contributed by atoms with Crippen molar-refractivity contribution in [3.05, 3.63) is 123 Å². The molecule has 4 heterocycles. The Morgan fingerprint density at radius 1 is 1.10 bits per heavy atom. The number of H-pyrrole nitrogens is 1. The highest BCUT2D eigenvalue weighted by Crippen LogP contribution is 2.45. The number of benzene rings is 2. The molecule has 3 aromatic heterocycles. The van der Waals surface area contributed by atoms with Crippen LogP contribution in [0.5, 0.6) is 0 Å². The van der Waals surface area contributed by atoms with E-state index in [1.807, 2.05) is 30.4 Å². The molecule has 1 N–H and O–H groups in total. The molecule has 2 aliphatic carbocycles. The van der Waals surface area contributed by atoms with Crippen LogP contribution in [0.4, 0.5) is 4.39 Å². The van der Waals surface area contributed by atoms with Crippen molar-refractivity contribution in [3.8, 4) is 0 Å². The average molecular weight is 745 g/mol. The number of pyridine rings is 1. The molecule has 3 aliphatic rings. The molecule has 52 heavy (non-hydrogen) atoms. The van der Waals surface area contributed by atoms with Crippen LogP contribution in [0.3, 0.4) is 0 Å². The van der Waals surface area contributed by atoms with Crippen molar-refractivity contribution in [2.24, 2.45) is 0 Å². The van der Waals surface area contributed by atoms with Crippen molar-refractivity contribution in [1.29, 1.82) is 0 Å². The third kappa shape index (κ3) is 6.10. The standard InChI is InChI=1S/C39H38ClFN4O6S/c1-24-21-27(14-17-38(24,2)52(47,48)45-19-16-25-15-18-42-36(46)34(25)45)26-6-13-32-31(22-26)35(44-37(40)43-32)39(51-30-11-12-30,28-7-9-29(41)10-8-28)23-50-33-5-3-4-20-49-33/h6-10,13-16,18-19,21-22,30,33H,3-5,11-12,17,20,23H2,1-2H3,(H,42,46). The lowest BCUT2D eigenvalue weighted by atomic mass is 9.85. The van der Waals surface area contributed by atoms with Gasteiger partial charge in [0.05, 0.1) is 23.9 Å². The molecule has 270 valence electrons. The molecule has 1 saturated heterocycles. The maximum Gasteiger partial charge on any atom is 0.273 e. The van der Waals surface area contributed by atoms with Gasteiger partial charge in [0.1, 0.15) is 16.1 Å². The Morgan fingerprint density at radius 2 is 1.90 bits per heavy atom. The number of hydrogen-bond acceptors (Lipinski definition) is 8. The minimum Gasteiger partial charge on any atom is -0.358 e. The van der Waals surface area contributed by atoms with E-state index in [2.05, 4.69) is 9.97 Å². The van der Waals surface area contributed by atoms with Crippen LogP contribution in [-0.4, -0.2) is 57.7 Å². The van der Waals surface area contributed by atoms with Crippen molar-refractivity contribution in [2.75, 3.05) is 13.2 Å². The zero-order valence-corrected chi connectivity index (χ0v) is 30.3. The lowest BCUT2D eigenvalue weighted by Crippen LogP contribution is -2.41. The summed E-state index contributed by atoms with van der Waals surface area (Å²) in [6.45, 7) is 4.12. The zero-order valence-electron chi connectivity index (χ0n) is 28.8. The second-order valence-electron chi connectivity index (χ2n) is 14.0. The van der Waals surface area contributed by atoms with Crippen LogP contribution in [0.1, 0.15) is 69.2 Å². The Kier molecular flexibility index (Phi) is 8.94. The predicted molar refractivity (Wildman–Crippen MR) is 197 cm³/mol. The molecule has 3 unspecified atom stereocenters. The summed E-state index contributed by atoms with van der Waals surface area (Å²) in [7, 11) is -4.06. The molecule has 2 fully saturated rings. The molecule has 1 saturated carbocycles. The fraction of sp³-hybridized carbons (Fsp3) is 0.359. The van der Waals surface area contributed by atoms with Crippen LogP contribution in [-0.2, 0) is 29.8 Å². The fourth-order valence-electron chi connectivity index (χ4n) is 7.18. The molecule has 8 rings (SSSR count). The van der Waals surface area contributed by atoms with Gasteiger partial charge in [0.2, 0.25) is 15.3 Å². The summed E-state index contributed by atoms with van der Waals surface area (Å²) in [5, 5.41) is 1.23. The number of halogens is 2. The van der Waals surface area contributed by atoms with Gasteiger partial charge in [-0.3, -0.25) is 4.79 Å². The highest BCUT2D eigenvalue weighted by atomic mass is 35.5. The largest absolute Gasteiger partial charge is 0.358 e. The molecule has 10 nitrogen and oxygen atoms in total. The third-order valence-corrected chi connectivity index (χ3v) is 13.1. The van der Waals surface area contributed by atoms with E-state index in [4.69, 9.17) is 30.8 Å². The van der Waals surface area contributed by atoms with Crippen molar-refractivity contribution in [3.63, 3.8) is 0 Å². The Labute approximate surface area is 305 Å². The molecule has 1 aliphatic heterocycles. The topological polar surface area (TPSA) is 125 Å². The summed E-state index contributed by atoms with van der Waals surface area (Å²) in [5.41, 5.74) is 2.27. The van der Waals surface area contributed by atoms with Crippen LogP contribution in [0.2, 0.25) is 5.28 Å². The van der Waals surface area contributed by atoms with E-state index in [1.165, 1.54) is 24.5 Å². The van der Waals surface area contributed by atoms with Gasteiger partial charge in [-0.15, -0.1) is 0 Å². The van der Waals surface area contributed by atoms with E-state index in [1.54, 1.807) is 38.1 Å². The lowest BCUT2D eigenvalue weighted by Gasteiger charge is -2.36. The highest BCUT2D eigenvalue weighted by molar-refractivity contribution is 7.91. The van der Waals surface area contributed by atoms with Gasteiger partial charge in [-0.05, 0) is 123 Å². The summed E-state index contributed by atoms with van der Waals surface area (Å²) in [6.07, 6.45) is 10.8. The van der Waals surface area contributed by atoms with Gasteiger partial charge >= 0.3 is 0 Å². The van der Waals surface area contributed by atoms with Crippen molar-refractivity contribution in [1.82, 2.24) is 18.9 Å². The molecule has 0 radical (unpaired) electrons. The molecule has 2 aromatic carbocycles. The van der Waals surface area contributed by atoms with Gasteiger partial charge in [-0.1, -0.05) is 30.4 Å². The summed E-state index contributed by atoms with van der Waals surface area (Å²) >= 11 is 6.61. The third-order valence-electron chi connectivity index (χ3n) is 10.5. The van der Waals surface area contributed by atoms with Crippen LogP contribution < -0.4 is 5.56 Å². The van der Waals surface area contributed by atoms with Crippen LogP contribution in [0.15, 0.2) is 89.5 Å². The molecule has 0 bridgehead atoms. The van der Waals surface area contributed by atoms with Crippen LogP contribution in [0, 0.1) is 5.82 Å². The lowest BCUT2D eigenvalue weighted by molar-refractivity contribution is -0.197. The first-order valence-electron chi connectivity index (χ1n) is 17.5. The van der Waals surface area contributed by atoms with E-state index in [-0.39, 0.29) is 35.7 Å². The quantitative estimate of drug-likeness (QED) is 0.147. The van der Waals surface area contributed by atoms with Gasteiger partial charge in [0.25, 0.3) is 5.56 Å². The number of nitrogens with zero attached hydrogens (tertiary/aromatic N) is 3. The van der Waals surface area contributed by atoms with E-state index >= 15 is 0 Å². The molecule has 13 heteroatoms. The first-order valence-corrected chi connectivity index (χ1v) is 19.3. The molecule has 3 atom stereocenters.